The van der Waals surface area contributed by atoms with Crippen molar-refractivity contribution in [2.45, 2.75) is 24.8 Å². The third-order valence-corrected chi connectivity index (χ3v) is 5.37. The van der Waals surface area contributed by atoms with Crippen LogP contribution in [0.5, 0.6) is 0 Å². The molecule has 2 aromatic carbocycles. The zero-order valence-corrected chi connectivity index (χ0v) is 15.3. The van der Waals surface area contributed by atoms with E-state index >= 15 is 0 Å². The van der Waals surface area contributed by atoms with Crippen molar-refractivity contribution in [3.63, 3.8) is 0 Å². The van der Waals surface area contributed by atoms with E-state index in [0.717, 1.165) is 0 Å². The molecule has 0 saturated heterocycles. The molecule has 8 heteroatoms. The minimum Gasteiger partial charge on any atom is -0.322 e. The molecule has 0 aliphatic carbocycles. The maximum absolute atomic E-state index is 12.3. The molecule has 0 unspecified atom stereocenters. The second-order valence-electron chi connectivity index (χ2n) is 5.39. The molecule has 0 spiro atoms. The Morgan fingerprint density at radius 3 is 2.38 bits per heavy atom. The first-order chi connectivity index (χ1) is 11.2. The largest absolute Gasteiger partial charge is 0.322 e. The van der Waals surface area contributed by atoms with Crippen molar-refractivity contribution < 1.29 is 13.2 Å². The first-order valence-electron chi connectivity index (χ1n) is 7.08. The molecular formula is C16H16Cl2N2O3S. The molecule has 0 saturated carbocycles. The molecule has 1 amide bonds. The van der Waals surface area contributed by atoms with Crippen molar-refractivity contribution in [2.75, 3.05) is 5.32 Å². The highest BCUT2D eigenvalue weighted by atomic mass is 35.5. The fourth-order valence-corrected chi connectivity index (χ4v) is 3.55. The zero-order valence-electron chi connectivity index (χ0n) is 13.0. The van der Waals surface area contributed by atoms with Gasteiger partial charge in [-0.25, -0.2) is 13.1 Å². The highest BCUT2D eigenvalue weighted by Gasteiger charge is 2.17. The summed E-state index contributed by atoms with van der Waals surface area (Å²) >= 11 is 11.7. The molecule has 0 fully saturated rings. The Hall–Kier alpha value is -1.60. The Kier molecular flexibility index (Phi) is 5.87. The Balaban J connectivity index is 2.24. The third-order valence-electron chi connectivity index (χ3n) is 2.97. The molecule has 0 radical (unpaired) electrons. The summed E-state index contributed by atoms with van der Waals surface area (Å²) < 4.78 is 26.8. The normalized spacial score (nSPS) is 11.5. The summed E-state index contributed by atoms with van der Waals surface area (Å²) in [7, 11) is -3.67. The molecule has 2 rings (SSSR count). The van der Waals surface area contributed by atoms with E-state index in [0.29, 0.717) is 15.7 Å². The molecule has 0 heterocycles. The molecule has 128 valence electrons. The summed E-state index contributed by atoms with van der Waals surface area (Å²) in [5.41, 5.74) is 0.677. The van der Waals surface area contributed by atoms with E-state index in [4.69, 9.17) is 23.2 Å². The van der Waals surface area contributed by atoms with Gasteiger partial charge in [-0.1, -0.05) is 29.3 Å². The predicted molar refractivity (Wildman–Crippen MR) is 96.3 cm³/mol. The van der Waals surface area contributed by atoms with Gasteiger partial charge in [0.15, 0.2) is 0 Å². The Bertz CT molecular complexity index is 867. The van der Waals surface area contributed by atoms with E-state index in [1.54, 1.807) is 26.0 Å². The Morgan fingerprint density at radius 1 is 1.04 bits per heavy atom. The van der Waals surface area contributed by atoms with E-state index in [1.807, 2.05) is 0 Å². The maximum atomic E-state index is 12.3. The highest BCUT2D eigenvalue weighted by Crippen LogP contribution is 2.25. The van der Waals surface area contributed by atoms with Crippen LogP contribution in [0.25, 0.3) is 0 Å². The van der Waals surface area contributed by atoms with Crippen LogP contribution in [0.4, 0.5) is 5.69 Å². The topological polar surface area (TPSA) is 75.3 Å². The lowest BCUT2D eigenvalue weighted by molar-refractivity contribution is 0.102. The average molecular weight is 387 g/mol. The zero-order chi connectivity index (χ0) is 17.9. The standard InChI is InChI=1S/C16H16Cl2N2O3S/c1-10(2)20-24(22,23)13-5-3-4-11(8-13)16(21)19-12-6-7-14(17)15(18)9-12/h3-10,20H,1-2H3,(H,19,21). The van der Waals surface area contributed by atoms with Crippen molar-refractivity contribution in [2.24, 2.45) is 0 Å². The molecule has 0 atom stereocenters. The van der Waals surface area contributed by atoms with Crippen molar-refractivity contribution in [1.82, 2.24) is 4.72 Å². The smallest absolute Gasteiger partial charge is 0.255 e. The van der Waals surface area contributed by atoms with Crippen LogP contribution in [0.15, 0.2) is 47.4 Å². The molecule has 0 aliphatic rings. The van der Waals surface area contributed by atoms with Crippen molar-refractivity contribution in [3.8, 4) is 0 Å². The summed E-state index contributed by atoms with van der Waals surface area (Å²) in [6.07, 6.45) is 0. The van der Waals surface area contributed by atoms with Crippen LogP contribution in [0, 0.1) is 0 Å². The molecule has 2 N–H and O–H groups in total. The van der Waals surface area contributed by atoms with Crippen LogP contribution in [0.1, 0.15) is 24.2 Å². The van der Waals surface area contributed by atoms with Crippen molar-refractivity contribution in [1.29, 1.82) is 0 Å². The molecule has 2 aromatic rings. The van der Waals surface area contributed by atoms with Gasteiger partial charge in [-0.2, -0.15) is 0 Å². The number of halogens is 2. The number of sulfonamides is 1. The number of hydrogen-bond acceptors (Lipinski definition) is 3. The molecule has 5 nitrogen and oxygen atoms in total. The van der Waals surface area contributed by atoms with Gasteiger partial charge >= 0.3 is 0 Å². The van der Waals surface area contributed by atoms with Gasteiger partial charge < -0.3 is 5.32 Å². The minimum atomic E-state index is -3.67. The molecule has 24 heavy (non-hydrogen) atoms. The first-order valence-corrected chi connectivity index (χ1v) is 9.32. The number of nitrogens with one attached hydrogen (secondary N) is 2. The van der Waals surface area contributed by atoms with Crippen LogP contribution in [0.3, 0.4) is 0 Å². The van der Waals surface area contributed by atoms with Gasteiger partial charge in [-0.05, 0) is 50.2 Å². The van der Waals surface area contributed by atoms with Crippen molar-refractivity contribution in [3.05, 3.63) is 58.1 Å². The summed E-state index contributed by atoms with van der Waals surface area (Å²) in [5, 5.41) is 3.34. The number of benzene rings is 2. The fraction of sp³-hybridized carbons (Fsp3) is 0.188. The second kappa shape index (κ2) is 7.53. The van der Waals surface area contributed by atoms with Crippen LogP contribution >= 0.6 is 23.2 Å². The fourth-order valence-electron chi connectivity index (χ4n) is 1.96. The van der Waals surface area contributed by atoms with E-state index < -0.39 is 15.9 Å². The maximum Gasteiger partial charge on any atom is 0.255 e. The summed E-state index contributed by atoms with van der Waals surface area (Å²) in [6.45, 7) is 3.44. The van der Waals surface area contributed by atoms with Crippen molar-refractivity contribution >= 4 is 44.8 Å². The number of anilines is 1. The number of amides is 1. The van der Waals surface area contributed by atoms with Gasteiger partial charge in [0.05, 0.1) is 14.9 Å². The quantitative estimate of drug-likeness (QED) is 0.816. The average Bonchev–Trinajstić information content (AvgIpc) is 2.50. The number of carbonyl (C=O) groups is 1. The van der Waals surface area contributed by atoms with Gasteiger partial charge in [0.25, 0.3) is 5.91 Å². The number of rotatable bonds is 5. The Labute approximate surface area is 151 Å². The van der Waals surface area contributed by atoms with Gasteiger partial charge in [0.1, 0.15) is 0 Å². The van der Waals surface area contributed by atoms with Gasteiger partial charge in [-0.15, -0.1) is 0 Å². The number of hydrogen-bond donors (Lipinski definition) is 2. The molecule has 0 bridgehead atoms. The monoisotopic (exact) mass is 386 g/mol. The van der Waals surface area contributed by atoms with Crippen LogP contribution in [-0.2, 0) is 10.0 Å². The van der Waals surface area contributed by atoms with E-state index in [-0.39, 0.29) is 16.5 Å². The van der Waals surface area contributed by atoms with E-state index in [1.165, 1.54) is 30.3 Å². The van der Waals surface area contributed by atoms with Gasteiger partial charge in [0, 0.05) is 17.3 Å². The van der Waals surface area contributed by atoms with Crippen LogP contribution in [0.2, 0.25) is 10.0 Å². The van der Waals surface area contributed by atoms with Crippen LogP contribution in [-0.4, -0.2) is 20.4 Å². The third kappa shape index (κ3) is 4.70. The molecule has 0 aromatic heterocycles. The highest BCUT2D eigenvalue weighted by molar-refractivity contribution is 7.89. The van der Waals surface area contributed by atoms with Crippen LogP contribution < -0.4 is 10.0 Å². The van der Waals surface area contributed by atoms with Gasteiger partial charge in [0.2, 0.25) is 10.0 Å². The van der Waals surface area contributed by atoms with E-state index in [2.05, 4.69) is 10.0 Å². The van der Waals surface area contributed by atoms with E-state index in [9.17, 15) is 13.2 Å². The summed E-state index contributed by atoms with van der Waals surface area (Å²) in [4.78, 5) is 12.3. The Morgan fingerprint density at radius 2 is 1.75 bits per heavy atom. The summed E-state index contributed by atoms with van der Waals surface area (Å²) in [5.74, 6) is -0.449. The second-order valence-corrected chi connectivity index (χ2v) is 7.92. The lowest BCUT2D eigenvalue weighted by atomic mass is 10.2. The lowest BCUT2D eigenvalue weighted by Gasteiger charge is -2.11. The molecular weight excluding hydrogens is 371 g/mol. The first kappa shape index (κ1) is 18.7. The lowest BCUT2D eigenvalue weighted by Crippen LogP contribution is -2.30. The minimum absolute atomic E-state index is 0.0259. The predicted octanol–water partition coefficient (Wildman–Crippen LogP) is 3.93. The molecule has 0 aliphatic heterocycles. The number of carbonyl (C=O) groups excluding carboxylic acids is 1. The van der Waals surface area contributed by atoms with Gasteiger partial charge in [-0.3, -0.25) is 4.79 Å². The SMILES string of the molecule is CC(C)NS(=O)(=O)c1cccc(C(=O)Nc2ccc(Cl)c(Cl)c2)c1. The summed E-state index contributed by atoms with van der Waals surface area (Å²) in [6, 6.07) is 10.2.